The van der Waals surface area contributed by atoms with Gasteiger partial charge in [-0.15, -0.1) is 24.0 Å². The summed E-state index contributed by atoms with van der Waals surface area (Å²) in [6.45, 7) is 13.0. The molecule has 0 fully saturated rings. The third kappa shape index (κ3) is 6.68. The summed E-state index contributed by atoms with van der Waals surface area (Å²) >= 11 is 0. The Morgan fingerprint density at radius 2 is 1.93 bits per heavy atom. The van der Waals surface area contributed by atoms with Gasteiger partial charge in [0.1, 0.15) is 11.5 Å². The number of halogens is 1. The number of hydrogen-bond donors (Lipinski definition) is 2. The zero-order chi connectivity index (χ0) is 19.6. The number of benzene rings is 1. The predicted molar refractivity (Wildman–Crippen MR) is 125 cm³/mol. The molecule has 7 heteroatoms. The van der Waals surface area contributed by atoms with E-state index in [4.69, 9.17) is 14.3 Å². The van der Waals surface area contributed by atoms with Gasteiger partial charge in [-0.3, -0.25) is 0 Å². The van der Waals surface area contributed by atoms with Gasteiger partial charge in [0.2, 0.25) is 0 Å². The third-order valence-corrected chi connectivity index (χ3v) is 4.34. The lowest BCUT2D eigenvalue weighted by atomic mass is 10.1. The second-order valence-corrected chi connectivity index (χ2v) is 6.32. The van der Waals surface area contributed by atoms with Crippen LogP contribution < -0.4 is 15.4 Å². The number of guanidine groups is 1. The Kier molecular flexibility index (Phi) is 11.0. The third-order valence-electron chi connectivity index (χ3n) is 4.34. The molecule has 2 rings (SSSR count). The highest BCUT2D eigenvalue weighted by atomic mass is 127. The normalized spacial score (nSPS) is 11.1. The molecular weight excluding hydrogens is 467 g/mol. The van der Waals surface area contributed by atoms with E-state index in [9.17, 15) is 0 Å². The van der Waals surface area contributed by atoms with Crippen LogP contribution in [0.15, 0.2) is 27.7 Å². The van der Waals surface area contributed by atoms with Crippen LogP contribution in [0, 0.1) is 6.92 Å². The van der Waals surface area contributed by atoms with Crippen LogP contribution in [0.3, 0.4) is 0 Å². The van der Waals surface area contributed by atoms with Gasteiger partial charge in [0.25, 0.3) is 0 Å². The van der Waals surface area contributed by atoms with Gasteiger partial charge in [-0.1, -0.05) is 31.1 Å². The first-order valence-corrected chi connectivity index (χ1v) is 9.83. The molecule has 0 radical (unpaired) electrons. The van der Waals surface area contributed by atoms with E-state index in [0.717, 1.165) is 59.2 Å². The maximum Gasteiger partial charge on any atom is 0.191 e. The summed E-state index contributed by atoms with van der Waals surface area (Å²) < 4.78 is 11.0. The predicted octanol–water partition coefficient (Wildman–Crippen LogP) is 4.38. The van der Waals surface area contributed by atoms with E-state index in [1.807, 2.05) is 13.0 Å². The van der Waals surface area contributed by atoms with Gasteiger partial charge in [0, 0.05) is 25.1 Å². The number of aromatic nitrogens is 1. The number of nitrogens with one attached hydrogen (secondary N) is 2. The van der Waals surface area contributed by atoms with Crippen molar-refractivity contribution in [3.05, 3.63) is 46.3 Å². The van der Waals surface area contributed by atoms with Crippen LogP contribution in [-0.4, -0.2) is 24.3 Å². The molecular formula is C21H33IN4O2. The number of ether oxygens (including phenoxy) is 1. The molecule has 0 aliphatic heterocycles. The van der Waals surface area contributed by atoms with Crippen LogP contribution in [0.4, 0.5) is 0 Å². The van der Waals surface area contributed by atoms with Crippen molar-refractivity contribution < 1.29 is 9.26 Å². The number of hydrogen-bond acceptors (Lipinski definition) is 4. The van der Waals surface area contributed by atoms with E-state index in [1.54, 1.807) is 0 Å². The molecule has 0 atom stereocenters. The molecule has 0 aliphatic rings. The van der Waals surface area contributed by atoms with Crippen molar-refractivity contribution >= 4 is 29.9 Å². The maximum absolute atomic E-state index is 5.60. The summed E-state index contributed by atoms with van der Waals surface area (Å²) in [6, 6.07) is 6.21. The first-order valence-electron chi connectivity index (χ1n) is 9.83. The SMILES string of the molecule is CCNC(=NCc1ccc(OCC)c(C)c1)NCc1c(CC)noc1CC.I. The van der Waals surface area contributed by atoms with Crippen LogP contribution in [-0.2, 0) is 25.9 Å². The highest BCUT2D eigenvalue weighted by molar-refractivity contribution is 14.0. The van der Waals surface area contributed by atoms with Crippen molar-refractivity contribution in [3.63, 3.8) is 0 Å². The van der Waals surface area contributed by atoms with Gasteiger partial charge >= 0.3 is 0 Å². The minimum absolute atomic E-state index is 0. The molecule has 0 aliphatic carbocycles. The van der Waals surface area contributed by atoms with Crippen molar-refractivity contribution in [2.45, 2.75) is 60.5 Å². The van der Waals surface area contributed by atoms with Crippen LogP contribution in [0.25, 0.3) is 0 Å². The number of aryl methyl sites for hydroxylation is 3. The summed E-state index contributed by atoms with van der Waals surface area (Å²) in [5, 5.41) is 10.9. The molecule has 2 N–H and O–H groups in total. The molecule has 0 saturated carbocycles. The van der Waals surface area contributed by atoms with Crippen molar-refractivity contribution in [3.8, 4) is 5.75 Å². The van der Waals surface area contributed by atoms with Gasteiger partial charge in [-0.2, -0.15) is 0 Å². The summed E-state index contributed by atoms with van der Waals surface area (Å²) in [5.74, 6) is 2.66. The van der Waals surface area contributed by atoms with Gasteiger partial charge < -0.3 is 19.9 Å². The summed E-state index contributed by atoms with van der Waals surface area (Å²) in [6.07, 6.45) is 1.70. The van der Waals surface area contributed by atoms with E-state index in [0.29, 0.717) is 19.7 Å². The molecule has 1 heterocycles. The van der Waals surface area contributed by atoms with E-state index in [1.165, 1.54) is 0 Å². The Balaban J connectivity index is 0.00000392. The molecule has 0 amide bonds. The molecule has 28 heavy (non-hydrogen) atoms. The highest BCUT2D eigenvalue weighted by Crippen LogP contribution is 2.19. The van der Waals surface area contributed by atoms with Gasteiger partial charge in [-0.25, -0.2) is 4.99 Å². The Morgan fingerprint density at radius 3 is 2.54 bits per heavy atom. The molecule has 1 aromatic carbocycles. The first kappa shape index (κ1) is 24.3. The lowest BCUT2D eigenvalue weighted by Gasteiger charge is -2.12. The first-order chi connectivity index (χ1) is 13.1. The van der Waals surface area contributed by atoms with Gasteiger partial charge in [0.15, 0.2) is 5.96 Å². The van der Waals surface area contributed by atoms with Crippen LogP contribution in [0.1, 0.15) is 55.8 Å². The Morgan fingerprint density at radius 1 is 1.14 bits per heavy atom. The van der Waals surface area contributed by atoms with Gasteiger partial charge in [-0.05, 0) is 44.4 Å². The van der Waals surface area contributed by atoms with E-state index in [-0.39, 0.29) is 24.0 Å². The average molecular weight is 500 g/mol. The fourth-order valence-electron chi connectivity index (χ4n) is 2.95. The summed E-state index contributed by atoms with van der Waals surface area (Å²) in [5.41, 5.74) is 4.44. The zero-order valence-electron chi connectivity index (χ0n) is 17.6. The monoisotopic (exact) mass is 500 g/mol. The fraction of sp³-hybridized carbons (Fsp3) is 0.524. The molecule has 2 aromatic rings. The van der Waals surface area contributed by atoms with Crippen molar-refractivity contribution in [1.29, 1.82) is 0 Å². The topological polar surface area (TPSA) is 71.7 Å². The molecule has 0 saturated heterocycles. The Hall–Kier alpha value is -1.77. The second-order valence-electron chi connectivity index (χ2n) is 6.32. The fourth-order valence-corrected chi connectivity index (χ4v) is 2.95. The maximum atomic E-state index is 5.60. The molecule has 0 unspecified atom stereocenters. The quantitative estimate of drug-likeness (QED) is 0.304. The van der Waals surface area contributed by atoms with Crippen molar-refractivity contribution in [2.75, 3.05) is 13.2 Å². The van der Waals surface area contributed by atoms with Crippen molar-refractivity contribution in [2.24, 2.45) is 4.99 Å². The summed E-state index contributed by atoms with van der Waals surface area (Å²) in [7, 11) is 0. The highest BCUT2D eigenvalue weighted by Gasteiger charge is 2.13. The van der Waals surface area contributed by atoms with Crippen LogP contribution in [0.2, 0.25) is 0 Å². The number of aliphatic imine (C=N–C) groups is 1. The average Bonchev–Trinajstić information content (AvgIpc) is 3.08. The standard InChI is InChI=1S/C21H32N4O2.HI/c1-6-18-17(19(7-2)27-25-18)14-24-21(22-8-3)23-13-16-10-11-20(26-9-4)15(5)12-16;/h10-12H,6-9,13-14H2,1-5H3,(H2,22,23,24);1H. The lowest BCUT2D eigenvalue weighted by Crippen LogP contribution is -2.37. The van der Waals surface area contributed by atoms with E-state index >= 15 is 0 Å². The summed E-state index contributed by atoms with van der Waals surface area (Å²) in [4.78, 5) is 4.71. The van der Waals surface area contributed by atoms with Crippen LogP contribution >= 0.6 is 24.0 Å². The smallest absolute Gasteiger partial charge is 0.191 e. The molecule has 0 spiro atoms. The van der Waals surface area contributed by atoms with Gasteiger partial charge in [0.05, 0.1) is 18.8 Å². The Labute approximate surface area is 185 Å². The minimum atomic E-state index is 0. The molecule has 156 valence electrons. The molecule has 1 aromatic heterocycles. The van der Waals surface area contributed by atoms with Crippen LogP contribution in [0.5, 0.6) is 5.75 Å². The van der Waals surface area contributed by atoms with Crippen molar-refractivity contribution in [1.82, 2.24) is 15.8 Å². The zero-order valence-corrected chi connectivity index (χ0v) is 19.9. The van der Waals surface area contributed by atoms with E-state index < -0.39 is 0 Å². The number of nitrogens with zero attached hydrogens (tertiary/aromatic N) is 2. The minimum Gasteiger partial charge on any atom is -0.494 e. The molecule has 6 nitrogen and oxygen atoms in total. The second kappa shape index (κ2) is 12.6. The lowest BCUT2D eigenvalue weighted by molar-refractivity contribution is 0.338. The Bertz CT molecular complexity index is 737. The molecule has 0 bridgehead atoms. The largest absolute Gasteiger partial charge is 0.494 e. The van der Waals surface area contributed by atoms with E-state index in [2.05, 4.69) is 55.6 Å². The number of rotatable bonds is 9.